The Morgan fingerprint density at radius 2 is 2.04 bits per heavy atom. The van der Waals surface area contributed by atoms with Crippen LogP contribution in [0.3, 0.4) is 0 Å². The van der Waals surface area contributed by atoms with E-state index in [1.54, 1.807) is 0 Å². The summed E-state index contributed by atoms with van der Waals surface area (Å²) in [5, 5.41) is 3.89. The normalized spacial score (nSPS) is 24.4. The standard InChI is InChI=1S/C20H29N3O5/c1-15-19(22-23-21)20(28-13-16-9-5-3-6-10-16)17(14-27-15)26-12-8-4-7-11-18(24)25-2/h3,5-6,9-10,15,17,19-20H,4,7-8,11-14H2,1-2H3/t15-,17-,19-,20-/m1/s1. The molecule has 1 fully saturated rings. The highest BCUT2D eigenvalue weighted by Gasteiger charge is 2.39. The van der Waals surface area contributed by atoms with Gasteiger partial charge in [-0.2, -0.15) is 0 Å². The monoisotopic (exact) mass is 391 g/mol. The Hall–Kier alpha value is -2.12. The van der Waals surface area contributed by atoms with Crippen molar-refractivity contribution in [2.24, 2.45) is 5.11 Å². The zero-order valence-corrected chi connectivity index (χ0v) is 16.5. The molecule has 1 aromatic carbocycles. The van der Waals surface area contributed by atoms with Gasteiger partial charge in [-0.25, -0.2) is 0 Å². The summed E-state index contributed by atoms with van der Waals surface area (Å²) in [7, 11) is 1.39. The molecule has 0 N–H and O–H groups in total. The smallest absolute Gasteiger partial charge is 0.305 e. The molecule has 0 radical (unpaired) electrons. The summed E-state index contributed by atoms with van der Waals surface area (Å²) in [6.45, 7) is 3.20. The van der Waals surface area contributed by atoms with E-state index in [4.69, 9.17) is 19.7 Å². The molecule has 0 aliphatic carbocycles. The van der Waals surface area contributed by atoms with E-state index in [0.717, 1.165) is 24.8 Å². The van der Waals surface area contributed by atoms with Crippen LogP contribution >= 0.6 is 0 Å². The first-order valence-corrected chi connectivity index (χ1v) is 9.65. The Morgan fingerprint density at radius 1 is 1.25 bits per heavy atom. The van der Waals surface area contributed by atoms with Gasteiger partial charge in [0.1, 0.15) is 6.10 Å². The number of rotatable bonds is 11. The molecule has 2 rings (SSSR count). The maximum atomic E-state index is 11.1. The molecule has 0 unspecified atom stereocenters. The molecule has 0 aromatic heterocycles. The molecule has 0 amide bonds. The van der Waals surface area contributed by atoms with Crippen molar-refractivity contribution in [1.29, 1.82) is 0 Å². The summed E-state index contributed by atoms with van der Waals surface area (Å²) in [6, 6.07) is 9.39. The zero-order chi connectivity index (χ0) is 20.2. The molecule has 1 heterocycles. The lowest BCUT2D eigenvalue weighted by molar-refractivity contribution is -0.173. The number of methoxy groups -OCH3 is 1. The number of esters is 1. The molecule has 0 spiro atoms. The summed E-state index contributed by atoms with van der Waals surface area (Å²) >= 11 is 0. The second-order valence-electron chi connectivity index (χ2n) is 6.79. The van der Waals surface area contributed by atoms with Gasteiger partial charge in [-0.3, -0.25) is 4.79 Å². The van der Waals surface area contributed by atoms with Gasteiger partial charge in [-0.05, 0) is 30.9 Å². The van der Waals surface area contributed by atoms with E-state index < -0.39 is 6.04 Å². The van der Waals surface area contributed by atoms with Crippen LogP contribution in [0.5, 0.6) is 0 Å². The van der Waals surface area contributed by atoms with Gasteiger partial charge in [0, 0.05) is 17.9 Å². The molecule has 0 saturated carbocycles. The van der Waals surface area contributed by atoms with Crippen molar-refractivity contribution < 1.29 is 23.7 Å². The second-order valence-corrected chi connectivity index (χ2v) is 6.79. The van der Waals surface area contributed by atoms with Crippen molar-refractivity contribution in [3.8, 4) is 0 Å². The molecule has 1 aliphatic heterocycles. The van der Waals surface area contributed by atoms with Gasteiger partial charge in [0.2, 0.25) is 0 Å². The zero-order valence-electron chi connectivity index (χ0n) is 16.5. The van der Waals surface area contributed by atoms with E-state index in [1.807, 2.05) is 37.3 Å². The largest absolute Gasteiger partial charge is 0.469 e. The van der Waals surface area contributed by atoms with Gasteiger partial charge >= 0.3 is 5.97 Å². The van der Waals surface area contributed by atoms with E-state index >= 15 is 0 Å². The first-order chi connectivity index (χ1) is 13.7. The van der Waals surface area contributed by atoms with Gasteiger partial charge in [0.05, 0.1) is 38.6 Å². The molecular formula is C20H29N3O5. The van der Waals surface area contributed by atoms with Crippen LogP contribution in [0.4, 0.5) is 0 Å². The molecule has 4 atom stereocenters. The highest BCUT2D eigenvalue weighted by Crippen LogP contribution is 2.25. The molecule has 154 valence electrons. The third-order valence-electron chi connectivity index (χ3n) is 4.76. The Labute approximate surface area is 165 Å². The molecular weight excluding hydrogens is 362 g/mol. The van der Waals surface area contributed by atoms with Crippen molar-refractivity contribution in [2.45, 2.75) is 63.6 Å². The minimum absolute atomic E-state index is 0.192. The van der Waals surface area contributed by atoms with Crippen LogP contribution in [0.25, 0.3) is 10.4 Å². The number of azide groups is 1. The third-order valence-corrected chi connectivity index (χ3v) is 4.76. The molecule has 28 heavy (non-hydrogen) atoms. The highest BCUT2D eigenvalue weighted by molar-refractivity contribution is 5.68. The van der Waals surface area contributed by atoms with Crippen LogP contribution < -0.4 is 0 Å². The van der Waals surface area contributed by atoms with E-state index in [-0.39, 0.29) is 24.3 Å². The number of carbonyl (C=O) groups is 1. The van der Waals surface area contributed by atoms with Crippen LogP contribution in [0.1, 0.15) is 38.2 Å². The summed E-state index contributed by atoms with van der Waals surface area (Å²) < 4.78 is 22.5. The van der Waals surface area contributed by atoms with Gasteiger partial charge in [-0.1, -0.05) is 41.9 Å². The Balaban J connectivity index is 1.87. The first kappa shape index (κ1) is 22.2. The number of hydrogen-bond acceptors (Lipinski definition) is 6. The first-order valence-electron chi connectivity index (χ1n) is 9.65. The van der Waals surface area contributed by atoms with E-state index in [2.05, 4.69) is 14.8 Å². The van der Waals surface area contributed by atoms with Crippen LogP contribution in [0.2, 0.25) is 0 Å². The van der Waals surface area contributed by atoms with Crippen LogP contribution in [0, 0.1) is 0 Å². The van der Waals surface area contributed by atoms with E-state index in [9.17, 15) is 4.79 Å². The second kappa shape index (κ2) is 12.4. The summed E-state index contributed by atoms with van der Waals surface area (Å²) in [5.74, 6) is -0.192. The topological polar surface area (TPSA) is 103 Å². The number of nitrogens with zero attached hydrogens (tertiary/aromatic N) is 3. The molecule has 1 saturated heterocycles. The lowest BCUT2D eigenvalue weighted by Gasteiger charge is -2.39. The third kappa shape index (κ3) is 7.13. The summed E-state index contributed by atoms with van der Waals surface area (Å²) in [4.78, 5) is 14.1. The van der Waals surface area contributed by atoms with Gasteiger partial charge < -0.3 is 18.9 Å². The lowest BCUT2D eigenvalue weighted by atomic mass is 9.98. The predicted molar refractivity (Wildman–Crippen MR) is 104 cm³/mol. The quantitative estimate of drug-likeness (QED) is 0.188. The minimum Gasteiger partial charge on any atom is -0.469 e. The van der Waals surface area contributed by atoms with Crippen molar-refractivity contribution in [3.05, 3.63) is 46.3 Å². The summed E-state index contributed by atoms with van der Waals surface area (Å²) in [5.41, 5.74) is 9.98. The Morgan fingerprint density at radius 3 is 2.75 bits per heavy atom. The fourth-order valence-electron chi connectivity index (χ4n) is 3.15. The number of unbranched alkanes of at least 4 members (excludes halogenated alkanes) is 2. The SMILES string of the molecule is COC(=O)CCCCCO[C@@H]1CO[C@H](C)[C@@H](N=[N+]=[N-])[C@@H]1OCc1ccccc1. The molecule has 8 nitrogen and oxygen atoms in total. The van der Waals surface area contributed by atoms with Crippen LogP contribution in [-0.4, -0.2) is 50.6 Å². The van der Waals surface area contributed by atoms with E-state index in [1.165, 1.54) is 7.11 Å². The predicted octanol–water partition coefficient (Wildman–Crippen LogP) is 3.79. The number of benzene rings is 1. The van der Waals surface area contributed by atoms with Crippen LogP contribution in [-0.2, 0) is 30.3 Å². The number of hydrogen-bond donors (Lipinski definition) is 0. The Bertz CT molecular complexity index is 636. The fourth-order valence-corrected chi connectivity index (χ4v) is 3.15. The van der Waals surface area contributed by atoms with Crippen molar-refractivity contribution in [2.75, 3.05) is 20.3 Å². The number of carbonyl (C=O) groups excluding carboxylic acids is 1. The molecule has 1 aliphatic rings. The molecule has 0 bridgehead atoms. The number of ether oxygens (including phenoxy) is 4. The average molecular weight is 391 g/mol. The van der Waals surface area contributed by atoms with Gasteiger partial charge in [0.25, 0.3) is 0 Å². The van der Waals surface area contributed by atoms with Gasteiger partial charge in [0.15, 0.2) is 0 Å². The summed E-state index contributed by atoms with van der Waals surface area (Å²) in [6.07, 6.45) is 1.95. The fraction of sp³-hybridized carbons (Fsp3) is 0.650. The molecule has 8 heteroatoms. The van der Waals surface area contributed by atoms with Crippen molar-refractivity contribution in [3.63, 3.8) is 0 Å². The van der Waals surface area contributed by atoms with E-state index in [0.29, 0.717) is 26.2 Å². The highest BCUT2D eigenvalue weighted by atomic mass is 16.6. The maximum Gasteiger partial charge on any atom is 0.305 e. The average Bonchev–Trinajstić information content (AvgIpc) is 2.72. The Kier molecular flexibility index (Phi) is 9.79. The van der Waals surface area contributed by atoms with Gasteiger partial charge in [-0.15, -0.1) is 0 Å². The molecule has 1 aromatic rings. The lowest BCUT2D eigenvalue weighted by Crippen LogP contribution is -2.53. The van der Waals surface area contributed by atoms with Crippen molar-refractivity contribution >= 4 is 5.97 Å². The van der Waals surface area contributed by atoms with Crippen LogP contribution in [0.15, 0.2) is 35.4 Å². The minimum atomic E-state index is -0.452. The van der Waals surface area contributed by atoms with Crippen molar-refractivity contribution in [1.82, 2.24) is 0 Å². The maximum absolute atomic E-state index is 11.1.